The lowest BCUT2D eigenvalue weighted by Crippen LogP contribution is -2.01. The number of fused-ring (bicyclic) bond motifs is 1. The molecule has 1 aliphatic rings. The average Bonchev–Trinajstić information content (AvgIpc) is 2.94. The van der Waals surface area contributed by atoms with Gasteiger partial charge in [-0.1, -0.05) is 66.7 Å². The predicted octanol–water partition coefficient (Wildman–Crippen LogP) is 4.66. The topological polar surface area (TPSA) is 17.8 Å². The highest BCUT2D eigenvalue weighted by Gasteiger charge is 2.22. The Morgan fingerprint density at radius 1 is 0.957 bits per heavy atom. The van der Waals surface area contributed by atoms with Gasteiger partial charge in [0.1, 0.15) is 0 Å². The molecule has 0 bridgehead atoms. The normalized spacial score (nSPS) is 13.5. The van der Waals surface area contributed by atoms with E-state index in [4.69, 9.17) is 5.10 Å². The summed E-state index contributed by atoms with van der Waals surface area (Å²) in [5.74, 6) is 0. The molecule has 0 N–H and O–H groups in total. The van der Waals surface area contributed by atoms with Crippen LogP contribution in [0.25, 0.3) is 16.8 Å². The van der Waals surface area contributed by atoms with Crippen LogP contribution in [0.5, 0.6) is 0 Å². The number of nitrogens with zero attached hydrogens (tertiary/aromatic N) is 2. The number of hydrogen-bond acceptors (Lipinski definition) is 1. The molecule has 0 aliphatic heterocycles. The highest BCUT2D eigenvalue weighted by atomic mass is 15.3. The molecule has 0 amide bonds. The van der Waals surface area contributed by atoms with Crippen molar-refractivity contribution in [2.45, 2.75) is 19.3 Å². The van der Waals surface area contributed by atoms with Crippen LogP contribution < -0.4 is 0 Å². The second-order valence-electron chi connectivity index (χ2n) is 6.10. The molecule has 23 heavy (non-hydrogen) atoms. The van der Waals surface area contributed by atoms with E-state index < -0.39 is 0 Å². The maximum Gasteiger partial charge on any atom is 0.0921 e. The molecule has 0 atom stereocenters. The van der Waals surface area contributed by atoms with Crippen LogP contribution in [0, 0.1) is 0 Å². The first-order chi connectivity index (χ1) is 11.3. The molecule has 0 unspecified atom stereocenters. The smallest absolute Gasteiger partial charge is 0.0921 e. The van der Waals surface area contributed by atoms with E-state index in [1.807, 2.05) is 4.68 Å². The van der Waals surface area contributed by atoms with E-state index in [0.29, 0.717) is 0 Å². The molecule has 2 heteroatoms. The van der Waals surface area contributed by atoms with Gasteiger partial charge in [0.15, 0.2) is 0 Å². The van der Waals surface area contributed by atoms with Gasteiger partial charge in [0.2, 0.25) is 0 Å². The minimum absolute atomic E-state index is 0.957. The quantitative estimate of drug-likeness (QED) is 0.688. The minimum atomic E-state index is 0.957. The van der Waals surface area contributed by atoms with Crippen LogP contribution in [0.15, 0.2) is 66.7 Å². The largest absolute Gasteiger partial charge is 0.267 e. The van der Waals surface area contributed by atoms with Crippen LogP contribution in [0.2, 0.25) is 0 Å². The summed E-state index contributed by atoms with van der Waals surface area (Å²) in [4.78, 5) is 0. The first kappa shape index (κ1) is 14.0. The number of hydrogen-bond donors (Lipinski definition) is 0. The molecule has 1 aromatic heterocycles. The van der Waals surface area contributed by atoms with E-state index in [2.05, 4.69) is 73.8 Å². The fraction of sp³-hybridized carbons (Fsp3) is 0.190. The number of allylic oxidation sites excluding steroid dienone is 2. The molecular formula is C21H20N2. The summed E-state index contributed by atoms with van der Waals surface area (Å²) >= 11 is 0. The van der Waals surface area contributed by atoms with Gasteiger partial charge in [0.05, 0.1) is 11.4 Å². The molecule has 4 rings (SSSR count). The van der Waals surface area contributed by atoms with Crippen molar-refractivity contribution in [3.63, 3.8) is 0 Å². The van der Waals surface area contributed by atoms with Gasteiger partial charge in [-0.2, -0.15) is 5.10 Å². The molecule has 3 aromatic rings. The molecule has 0 saturated carbocycles. The second-order valence-corrected chi connectivity index (χ2v) is 6.10. The summed E-state index contributed by atoms with van der Waals surface area (Å²) in [5.41, 5.74) is 7.80. The van der Waals surface area contributed by atoms with E-state index in [-0.39, 0.29) is 0 Å². The van der Waals surface area contributed by atoms with E-state index >= 15 is 0 Å². The molecular weight excluding hydrogens is 280 g/mol. The molecule has 2 aromatic carbocycles. The Balaban J connectivity index is 1.75. The Morgan fingerprint density at radius 2 is 1.65 bits per heavy atom. The molecule has 0 fully saturated rings. The fourth-order valence-corrected chi connectivity index (χ4v) is 3.48. The standard InChI is InChI=1S/C21H20N2/c1-23-21(17-11-6-3-7-12-17)19-14-8-13-18(20(19)22-23)15-16-9-4-2-5-10-16/h2-7,9-13H,8,14-15H2,1H3. The Bertz CT molecular complexity index is 842. The Morgan fingerprint density at radius 3 is 2.39 bits per heavy atom. The van der Waals surface area contributed by atoms with Crippen molar-refractivity contribution in [3.8, 4) is 11.3 Å². The van der Waals surface area contributed by atoms with E-state index in [9.17, 15) is 0 Å². The van der Waals surface area contributed by atoms with Gasteiger partial charge in [-0.15, -0.1) is 0 Å². The second kappa shape index (κ2) is 5.88. The van der Waals surface area contributed by atoms with Crippen molar-refractivity contribution in [2.75, 3.05) is 0 Å². The molecule has 1 aliphatic carbocycles. The van der Waals surface area contributed by atoms with Crippen LogP contribution >= 0.6 is 0 Å². The molecule has 2 nitrogen and oxygen atoms in total. The zero-order valence-electron chi connectivity index (χ0n) is 13.4. The number of aromatic nitrogens is 2. The van der Waals surface area contributed by atoms with Crippen LogP contribution in [0.4, 0.5) is 0 Å². The zero-order chi connectivity index (χ0) is 15.6. The predicted molar refractivity (Wildman–Crippen MR) is 95.1 cm³/mol. The maximum absolute atomic E-state index is 4.85. The summed E-state index contributed by atoms with van der Waals surface area (Å²) in [6.45, 7) is 0. The van der Waals surface area contributed by atoms with Crippen molar-refractivity contribution in [1.82, 2.24) is 9.78 Å². The van der Waals surface area contributed by atoms with Crippen LogP contribution in [0.3, 0.4) is 0 Å². The van der Waals surface area contributed by atoms with Gasteiger partial charge < -0.3 is 0 Å². The number of benzene rings is 2. The van der Waals surface area contributed by atoms with Gasteiger partial charge in [-0.3, -0.25) is 4.68 Å². The lowest BCUT2D eigenvalue weighted by Gasteiger charge is -2.14. The SMILES string of the molecule is Cn1nc2c(c1-c1ccccc1)CCC=C2Cc1ccccc1. The van der Waals surface area contributed by atoms with Crippen LogP contribution in [-0.2, 0) is 19.9 Å². The third kappa shape index (κ3) is 2.61. The summed E-state index contributed by atoms with van der Waals surface area (Å²) < 4.78 is 2.05. The summed E-state index contributed by atoms with van der Waals surface area (Å²) in [5, 5.41) is 4.85. The van der Waals surface area contributed by atoms with Crippen molar-refractivity contribution in [2.24, 2.45) is 7.05 Å². The van der Waals surface area contributed by atoms with Crippen LogP contribution in [0.1, 0.15) is 23.2 Å². The molecule has 0 saturated heterocycles. The number of aryl methyl sites for hydroxylation is 1. The van der Waals surface area contributed by atoms with Crippen molar-refractivity contribution < 1.29 is 0 Å². The molecule has 0 spiro atoms. The first-order valence-electron chi connectivity index (χ1n) is 8.17. The molecule has 0 radical (unpaired) electrons. The van der Waals surface area contributed by atoms with Gasteiger partial charge >= 0.3 is 0 Å². The average molecular weight is 300 g/mol. The fourth-order valence-electron chi connectivity index (χ4n) is 3.48. The van der Waals surface area contributed by atoms with E-state index in [1.165, 1.54) is 33.7 Å². The zero-order valence-corrected chi connectivity index (χ0v) is 13.4. The lowest BCUT2D eigenvalue weighted by atomic mass is 9.90. The molecule has 1 heterocycles. The van der Waals surface area contributed by atoms with Gasteiger partial charge in [0, 0.05) is 18.2 Å². The van der Waals surface area contributed by atoms with Gasteiger partial charge in [-0.25, -0.2) is 0 Å². The van der Waals surface area contributed by atoms with Crippen molar-refractivity contribution in [3.05, 3.63) is 83.6 Å². The monoisotopic (exact) mass is 300 g/mol. The summed E-state index contributed by atoms with van der Waals surface area (Å²) in [7, 11) is 2.06. The Hall–Kier alpha value is -2.61. The lowest BCUT2D eigenvalue weighted by molar-refractivity contribution is 0.770. The Labute approximate surface area is 137 Å². The van der Waals surface area contributed by atoms with Crippen LogP contribution in [-0.4, -0.2) is 9.78 Å². The highest BCUT2D eigenvalue weighted by molar-refractivity contribution is 5.76. The molecule has 114 valence electrons. The number of rotatable bonds is 3. The summed E-state index contributed by atoms with van der Waals surface area (Å²) in [6.07, 6.45) is 5.49. The third-order valence-corrected chi connectivity index (χ3v) is 4.52. The van der Waals surface area contributed by atoms with E-state index in [0.717, 1.165) is 19.3 Å². The Kier molecular flexibility index (Phi) is 3.58. The highest BCUT2D eigenvalue weighted by Crippen LogP contribution is 2.35. The minimum Gasteiger partial charge on any atom is -0.267 e. The van der Waals surface area contributed by atoms with Crippen molar-refractivity contribution in [1.29, 1.82) is 0 Å². The van der Waals surface area contributed by atoms with E-state index in [1.54, 1.807) is 0 Å². The summed E-state index contributed by atoms with van der Waals surface area (Å²) in [6, 6.07) is 21.3. The third-order valence-electron chi connectivity index (χ3n) is 4.52. The van der Waals surface area contributed by atoms with Gasteiger partial charge in [-0.05, 0) is 30.4 Å². The first-order valence-corrected chi connectivity index (χ1v) is 8.17. The van der Waals surface area contributed by atoms with Crippen molar-refractivity contribution >= 4 is 5.57 Å². The van der Waals surface area contributed by atoms with Gasteiger partial charge in [0.25, 0.3) is 0 Å². The maximum atomic E-state index is 4.85.